The molecule has 1 N–H and O–H groups in total. The van der Waals surface area contributed by atoms with E-state index in [1.807, 2.05) is 0 Å². The monoisotopic (exact) mass is 384 g/mol. The first kappa shape index (κ1) is 18.8. The highest BCUT2D eigenvalue weighted by atomic mass is 32.2. The Balaban J connectivity index is 1.79. The van der Waals surface area contributed by atoms with Crippen LogP contribution in [0.5, 0.6) is 0 Å². The van der Waals surface area contributed by atoms with Gasteiger partial charge >= 0.3 is 6.18 Å². The molecule has 8 heteroatoms. The van der Waals surface area contributed by atoms with Crippen molar-refractivity contribution in [1.82, 2.24) is 4.90 Å². The number of carbonyl (C=O) groups excluding carboxylic acids is 2. The molecular formula is C18H19F3N2O2S. The lowest BCUT2D eigenvalue weighted by atomic mass is 9.92. The van der Waals surface area contributed by atoms with Gasteiger partial charge in [-0.15, -0.1) is 0 Å². The summed E-state index contributed by atoms with van der Waals surface area (Å²) in [4.78, 5) is 27.1. The second kappa shape index (κ2) is 6.98. The maximum atomic E-state index is 12.8. The molecular weight excluding hydrogens is 365 g/mol. The molecule has 2 atom stereocenters. The smallest absolute Gasteiger partial charge is 0.339 e. The van der Waals surface area contributed by atoms with Crippen LogP contribution >= 0.6 is 11.8 Å². The van der Waals surface area contributed by atoms with Crippen molar-refractivity contribution in [3.05, 3.63) is 34.7 Å². The van der Waals surface area contributed by atoms with Crippen molar-refractivity contribution < 1.29 is 22.8 Å². The Bertz CT molecular complexity index is 766. The average molecular weight is 384 g/mol. The number of rotatable bonds is 1. The molecule has 140 valence electrons. The fourth-order valence-corrected chi connectivity index (χ4v) is 4.28. The summed E-state index contributed by atoms with van der Waals surface area (Å²) in [5.74, 6) is -0.00408. The topological polar surface area (TPSA) is 49.4 Å². The minimum Gasteiger partial charge on any atom is -0.339 e. The third-order valence-corrected chi connectivity index (χ3v) is 5.53. The number of carbonyl (C=O) groups is 2. The number of likely N-dealkylation sites (tertiary alicyclic amines) is 1. The van der Waals surface area contributed by atoms with Gasteiger partial charge in [-0.25, -0.2) is 0 Å². The molecule has 0 saturated carbocycles. The number of nitrogens with one attached hydrogen (secondary N) is 1. The molecule has 0 bridgehead atoms. The van der Waals surface area contributed by atoms with Gasteiger partial charge in [0.1, 0.15) is 0 Å². The molecule has 0 aliphatic carbocycles. The molecule has 0 aromatic heterocycles. The van der Waals surface area contributed by atoms with Crippen molar-refractivity contribution >= 4 is 29.3 Å². The molecule has 26 heavy (non-hydrogen) atoms. The molecule has 1 aromatic rings. The number of piperidine rings is 1. The predicted molar refractivity (Wildman–Crippen MR) is 93.5 cm³/mol. The van der Waals surface area contributed by atoms with Crippen LogP contribution < -0.4 is 5.32 Å². The van der Waals surface area contributed by atoms with Crippen molar-refractivity contribution in [2.24, 2.45) is 11.8 Å². The first-order chi connectivity index (χ1) is 12.1. The SMILES string of the molecule is CC1CC(C)CN(C(=O)C=C2Sc3ccc(C(F)(F)F)cc3NC2=O)C1. The van der Waals surface area contributed by atoms with Crippen molar-refractivity contribution in [3.8, 4) is 0 Å². The maximum absolute atomic E-state index is 12.8. The number of hydrogen-bond donors (Lipinski definition) is 1. The number of amides is 2. The zero-order valence-corrected chi connectivity index (χ0v) is 15.2. The number of fused-ring (bicyclic) bond motifs is 1. The van der Waals surface area contributed by atoms with Crippen molar-refractivity contribution in [2.45, 2.75) is 31.3 Å². The fraction of sp³-hybridized carbons (Fsp3) is 0.444. The first-order valence-electron chi connectivity index (χ1n) is 8.34. The molecule has 4 nitrogen and oxygen atoms in total. The van der Waals surface area contributed by atoms with E-state index in [4.69, 9.17) is 0 Å². The number of anilines is 1. The van der Waals surface area contributed by atoms with Gasteiger partial charge in [-0.2, -0.15) is 13.2 Å². The number of halogens is 3. The van der Waals surface area contributed by atoms with Crippen LogP contribution in [0.2, 0.25) is 0 Å². The number of hydrogen-bond acceptors (Lipinski definition) is 3. The molecule has 0 spiro atoms. The van der Waals surface area contributed by atoms with Gasteiger partial charge in [0.05, 0.1) is 16.2 Å². The van der Waals surface area contributed by atoms with Gasteiger partial charge in [0.25, 0.3) is 5.91 Å². The number of nitrogens with zero attached hydrogens (tertiary/aromatic N) is 1. The molecule has 2 aliphatic rings. The van der Waals surface area contributed by atoms with E-state index in [9.17, 15) is 22.8 Å². The van der Waals surface area contributed by atoms with E-state index in [1.165, 1.54) is 12.1 Å². The van der Waals surface area contributed by atoms with Gasteiger partial charge in [-0.3, -0.25) is 9.59 Å². The third kappa shape index (κ3) is 4.06. The number of benzene rings is 1. The molecule has 3 rings (SSSR count). The van der Waals surface area contributed by atoms with Gasteiger partial charge in [0.15, 0.2) is 0 Å². The molecule has 0 radical (unpaired) electrons. The summed E-state index contributed by atoms with van der Waals surface area (Å²) in [6.45, 7) is 5.45. The van der Waals surface area contributed by atoms with E-state index in [2.05, 4.69) is 19.2 Å². The fourth-order valence-electron chi connectivity index (χ4n) is 3.38. The minimum absolute atomic E-state index is 0.111. The summed E-state index contributed by atoms with van der Waals surface area (Å²) >= 11 is 1.01. The lowest BCUT2D eigenvalue weighted by Gasteiger charge is -2.34. The van der Waals surface area contributed by atoms with E-state index >= 15 is 0 Å². The van der Waals surface area contributed by atoms with Crippen LogP contribution in [0.15, 0.2) is 34.1 Å². The van der Waals surface area contributed by atoms with Crippen LogP contribution in [0.4, 0.5) is 18.9 Å². The third-order valence-electron chi connectivity index (χ3n) is 4.43. The Labute approximate surface area is 153 Å². The van der Waals surface area contributed by atoms with Gasteiger partial charge in [-0.05, 0) is 36.5 Å². The van der Waals surface area contributed by atoms with Gasteiger partial charge in [0.2, 0.25) is 5.91 Å². The second-order valence-electron chi connectivity index (χ2n) is 6.96. The standard InChI is InChI=1S/C18H19F3N2O2S/c1-10-5-11(2)9-23(8-10)16(24)7-15-17(25)22-13-6-12(18(19,20)21)3-4-14(13)26-15/h3-4,6-7,10-11H,5,8-9H2,1-2H3,(H,22,25). The molecule has 2 heterocycles. The van der Waals surface area contributed by atoms with Crippen molar-refractivity contribution in [3.63, 3.8) is 0 Å². The van der Waals surface area contributed by atoms with Crippen LogP contribution in [0, 0.1) is 11.8 Å². The highest BCUT2D eigenvalue weighted by molar-refractivity contribution is 8.04. The van der Waals surface area contributed by atoms with Gasteiger partial charge in [0, 0.05) is 24.1 Å². The second-order valence-corrected chi connectivity index (χ2v) is 8.05. The highest BCUT2D eigenvalue weighted by Crippen LogP contribution is 2.41. The van der Waals surface area contributed by atoms with E-state index in [0.717, 1.165) is 30.3 Å². The summed E-state index contributed by atoms with van der Waals surface area (Å²) in [7, 11) is 0. The number of alkyl halides is 3. The Morgan fingerprint density at radius 3 is 2.54 bits per heavy atom. The quantitative estimate of drug-likeness (QED) is 0.741. The van der Waals surface area contributed by atoms with E-state index < -0.39 is 17.6 Å². The minimum atomic E-state index is -4.47. The van der Waals surface area contributed by atoms with Crippen LogP contribution in [0.25, 0.3) is 0 Å². The summed E-state index contributed by atoms with van der Waals surface area (Å²) < 4.78 is 38.4. The predicted octanol–water partition coefficient (Wildman–Crippen LogP) is 4.14. The molecule has 2 unspecified atom stereocenters. The molecule has 1 aromatic carbocycles. The molecule has 2 amide bonds. The first-order valence-corrected chi connectivity index (χ1v) is 9.16. The Morgan fingerprint density at radius 1 is 1.27 bits per heavy atom. The lowest BCUT2D eigenvalue weighted by Crippen LogP contribution is -2.42. The van der Waals surface area contributed by atoms with E-state index in [1.54, 1.807) is 4.90 Å². The molecule has 1 fully saturated rings. The van der Waals surface area contributed by atoms with Crippen LogP contribution in [0.1, 0.15) is 25.8 Å². The zero-order valence-electron chi connectivity index (χ0n) is 14.4. The maximum Gasteiger partial charge on any atom is 0.416 e. The zero-order chi connectivity index (χ0) is 19.1. The average Bonchev–Trinajstić information content (AvgIpc) is 2.53. The lowest BCUT2D eigenvalue weighted by molar-refractivity contribution is -0.137. The Kier molecular flexibility index (Phi) is 5.05. The summed E-state index contributed by atoms with van der Waals surface area (Å²) in [6, 6.07) is 3.19. The largest absolute Gasteiger partial charge is 0.416 e. The van der Waals surface area contributed by atoms with Gasteiger partial charge < -0.3 is 10.2 Å². The number of thioether (sulfide) groups is 1. The van der Waals surface area contributed by atoms with Crippen molar-refractivity contribution in [2.75, 3.05) is 18.4 Å². The Hall–Kier alpha value is -1.96. The summed E-state index contributed by atoms with van der Waals surface area (Å²) in [6.07, 6.45) is -2.13. The Morgan fingerprint density at radius 2 is 1.92 bits per heavy atom. The van der Waals surface area contributed by atoms with Crippen LogP contribution in [-0.2, 0) is 15.8 Å². The summed E-state index contributed by atoms with van der Waals surface area (Å²) in [5, 5.41) is 2.45. The van der Waals surface area contributed by atoms with Crippen LogP contribution in [-0.4, -0.2) is 29.8 Å². The van der Waals surface area contributed by atoms with E-state index in [-0.39, 0.29) is 16.5 Å². The van der Waals surface area contributed by atoms with Crippen molar-refractivity contribution in [1.29, 1.82) is 0 Å². The van der Waals surface area contributed by atoms with Gasteiger partial charge in [-0.1, -0.05) is 25.6 Å². The normalized spacial score (nSPS) is 25.0. The molecule has 1 saturated heterocycles. The summed E-state index contributed by atoms with van der Waals surface area (Å²) in [5.41, 5.74) is -0.711. The van der Waals surface area contributed by atoms with E-state index in [0.29, 0.717) is 29.8 Å². The highest BCUT2D eigenvalue weighted by Gasteiger charge is 2.33. The van der Waals surface area contributed by atoms with Crippen LogP contribution in [0.3, 0.4) is 0 Å². The molecule has 2 aliphatic heterocycles.